The summed E-state index contributed by atoms with van der Waals surface area (Å²) >= 11 is -2.68. The Balaban J connectivity index is 3.06. The first-order chi connectivity index (χ1) is 6.52. The standard InChI is InChI=1S/C8H10N2O3S/c1-6-2-4-7(5-3-6)10(8(9)11)14(12)13/h2-5H,1H3,(H2,9,11)(H,12,13)/p-1. The van der Waals surface area contributed by atoms with Crippen LogP contribution in [0, 0.1) is 6.92 Å². The van der Waals surface area contributed by atoms with Gasteiger partial charge in [-0.3, -0.25) is 4.21 Å². The number of carbonyl (C=O) groups is 1. The summed E-state index contributed by atoms with van der Waals surface area (Å²) in [5.41, 5.74) is 6.10. The van der Waals surface area contributed by atoms with Crippen LogP contribution in [0.5, 0.6) is 0 Å². The van der Waals surface area contributed by atoms with Crippen LogP contribution in [0.1, 0.15) is 5.56 Å². The molecule has 0 saturated carbocycles. The number of urea groups is 1. The minimum atomic E-state index is -2.68. The topological polar surface area (TPSA) is 86.5 Å². The van der Waals surface area contributed by atoms with E-state index in [4.69, 9.17) is 5.73 Å². The lowest BCUT2D eigenvalue weighted by atomic mass is 10.2. The summed E-state index contributed by atoms with van der Waals surface area (Å²) in [6.07, 6.45) is 0. The summed E-state index contributed by atoms with van der Waals surface area (Å²) in [5, 5.41) is 0. The first-order valence-electron chi connectivity index (χ1n) is 3.78. The molecule has 1 atom stereocenters. The zero-order valence-electron chi connectivity index (χ0n) is 7.47. The minimum absolute atomic E-state index is 0.233. The number of anilines is 1. The molecule has 0 aliphatic carbocycles. The van der Waals surface area contributed by atoms with Crippen molar-refractivity contribution in [3.63, 3.8) is 0 Å². The number of rotatable bonds is 2. The van der Waals surface area contributed by atoms with Crippen LogP contribution >= 0.6 is 0 Å². The van der Waals surface area contributed by atoms with Crippen molar-refractivity contribution in [2.24, 2.45) is 5.73 Å². The first-order valence-corrected chi connectivity index (χ1v) is 4.81. The predicted molar refractivity (Wildman–Crippen MR) is 52.2 cm³/mol. The summed E-state index contributed by atoms with van der Waals surface area (Å²) in [7, 11) is 0. The summed E-state index contributed by atoms with van der Waals surface area (Å²) in [6, 6.07) is 5.38. The number of primary amides is 1. The van der Waals surface area contributed by atoms with E-state index in [1.165, 1.54) is 12.1 Å². The van der Waals surface area contributed by atoms with Gasteiger partial charge >= 0.3 is 6.03 Å². The second-order valence-electron chi connectivity index (χ2n) is 2.69. The molecule has 0 aliphatic rings. The Labute approximate surface area is 83.9 Å². The van der Waals surface area contributed by atoms with Crippen molar-refractivity contribution in [2.45, 2.75) is 6.92 Å². The average Bonchev–Trinajstić information content (AvgIpc) is 2.07. The van der Waals surface area contributed by atoms with Crippen LogP contribution in [0.2, 0.25) is 0 Å². The molecule has 0 saturated heterocycles. The Morgan fingerprint density at radius 1 is 1.43 bits per heavy atom. The molecule has 0 aliphatic heterocycles. The molecule has 2 amide bonds. The van der Waals surface area contributed by atoms with Crippen molar-refractivity contribution in [3.05, 3.63) is 29.8 Å². The third-order valence-corrected chi connectivity index (χ3v) is 2.31. The molecule has 0 heterocycles. The zero-order valence-corrected chi connectivity index (χ0v) is 8.28. The number of nitrogens with two attached hydrogens (primary N) is 1. The second kappa shape index (κ2) is 4.21. The molecule has 0 aromatic heterocycles. The minimum Gasteiger partial charge on any atom is -0.755 e. The highest BCUT2D eigenvalue weighted by Crippen LogP contribution is 2.15. The maximum absolute atomic E-state index is 10.8. The van der Waals surface area contributed by atoms with Crippen molar-refractivity contribution in [2.75, 3.05) is 4.31 Å². The van der Waals surface area contributed by atoms with E-state index in [9.17, 15) is 13.6 Å². The van der Waals surface area contributed by atoms with E-state index in [-0.39, 0.29) is 5.69 Å². The fourth-order valence-electron chi connectivity index (χ4n) is 0.967. The van der Waals surface area contributed by atoms with E-state index >= 15 is 0 Å². The highest BCUT2D eigenvalue weighted by atomic mass is 32.2. The number of hydrogen-bond donors (Lipinski definition) is 1. The Hall–Kier alpha value is -1.40. The monoisotopic (exact) mass is 213 g/mol. The Morgan fingerprint density at radius 3 is 2.29 bits per heavy atom. The summed E-state index contributed by atoms with van der Waals surface area (Å²) in [6.45, 7) is 1.85. The zero-order chi connectivity index (χ0) is 10.7. The van der Waals surface area contributed by atoms with Crippen molar-refractivity contribution in [1.82, 2.24) is 0 Å². The Morgan fingerprint density at radius 2 is 1.93 bits per heavy atom. The van der Waals surface area contributed by atoms with Gasteiger partial charge in [0.1, 0.15) is 0 Å². The van der Waals surface area contributed by atoms with E-state index in [1.54, 1.807) is 12.1 Å². The third kappa shape index (κ3) is 2.30. The molecular weight excluding hydrogens is 204 g/mol. The number of amides is 2. The van der Waals surface area contributed by atoms with Gasteiger partial charge in [0.05, 0.1) is 17.0 Å². The van der Waals surface area contributed by atoms with Crippen molar-refractivity contribution < 1.29 is 13.6 Å². The van der Waals surface area contributed by atoms with Gasteiger partial charge < -0.3 is 10.3 Å². The molecule has 14 heavy (non-hydrogen) atoms. The second-order valence-corrected chi connectivity index (χ2v) is 3.48. The van der Waals surface area contributed by atoms with Gasteiger partial charge in [0.15, 0.2) is 0 Å². The van der Waals surface area contributed by atoms with Crippen LogP contribution in [0.4, 0.5) is 10.5 Å². The van der Waals surface area contributed by atoms with Gasteiger partial charge in [-0.15, -0.1) is 0 Å². The lowest BCUT2D eigenvalue weighted by Gasteiger charge is -2.21. The van der Waals surface area contributed by atoms with E-state index in [0.717, 1.165) is 5.56 Å². The summed E-state index contributed by atoms with van der Waals surface area (Å²) in [4.78, 5) is 10.8. The van der Waals surface area contributed by atoms with Crippen molar-refractivity contribution in [3.8, 4) is 0 Å². The lowest BCUT2D eigenvalue weighted by molar-refractivity contribution is 0.256. The molecule has 0 fully saturated rings. The molecule has 6 heteroatoms. The van der Waals surface area contributed by atoms with Gasteiger partial charge in [0.25, 0.3) is 0 Å². The van der Waals surface area contributed by atoms with Gasteiger partial charge in [-0.1, -0.05) is 17.7 Å². The van der Waals surface area contributed by atoms with Crippen molar-refractivity contribution >= 4 is 23.0 Å². The van der Waals surface area contributed by atoms with Crippen molar-refractivity contribution in [1.29, 1.82) is 0 Å². The van der Waals surface area contributed by atoms with Crippen LogP contribution in [-0.2, 0) is 11.3 Å². The van der Waals surface area contributed by atoms with Gasteiger partial charge in [-0.05, 0) is 19.1 Å². The van der Waals surface area contributed by atoms with Gasteiger partial charge in [-0.2, -0.15) is 0 Å². The molecule has 1 aromatic rings. The number of aryl methyl sites for hydroxylation is 1. The van der Waals surface area contributed by atoms with E-state index < -0.39 is 17.3 Å². The quantitative estimate of drug-likeness (QED) is 0.732. The summed E-state index contributed by atoms with van der Waals surface area (Å²) < 4.78 is 21.8. The SMILES string of the molecule is Cc1ccc(N(C(N)=O)S(=O)[O-])cc1. The molecule has 76 valence electrons. The molecule has 2 N–H and O–H groups in total. The molecular formula is C8H9N2O3S-. The predicted octanol–water partition coefficient (Wildman–Crippen LogP) is 0.674. The van der Waals surface area contributed by atoms with Crippen LogP contribution in [0.25, 0.3) is 0 Å². The van der Waals surface area contributed by atoms with Crippen LogP contribution in [0.3, 0.4) is 0 Å². The number of nitrogens with zero attached hydrogens (tertiary/aromatic N) is 1. The fraction of sp³-hybridized carbons (Fsp3) is 0.125. The number of carbonyl (C=O) groups excluding carboxylic acids is 1. The Kier molecular flexibility index (Phi) is 3.21. The van der Waals surface area contributed by atoms with Gasteiger partial charge in [-0.25, -0.2) is 9.10 Å². The summed E-state index contributed by atoms with van der Waals surface area (Å²) in [5.74, 6) is 0. The lowest BCUT2D eigenvalue weighted by Crippen LogP contribution is -2.37. The van der Waals surface area contributed by atoms with E-state index in [1.807, 2.05) is 6.92 Å². The molecule has 5 nitrogen and oxygen atoms in total. The Bertz CT molecular complexity index is 349. The van der Waals surface area contributed by atoms with Crippen LogP contribution < -0.4 is 10.0 Å². The molecule has 0 spiro atoms. The van der Waals surface area contributed by atoms with Crippen LogP contribution in [-0.4, -0.2) is 14.8 Å². The average molecular weight is 213 g/mol. The van der Waals surface area contributed by atoms with E-state index in [2.05, 4.69) is 0 Å². The largest absolute Gasteiger partial charge is 0.755 e. The van der Waals surface area contributed by atoms with E-state index in [0.29, 0.717) is 4.31 Å². The first kappa shape index (κ1) is 10.7. The third-order valence-electron chi connectivity index (χ3n) is 1.62. The molecule has 1 rings (SSSR count). The number of benzene rings is 1. The molecule has 0 bridgehead atoms. The van der Waals surface area contributed by atoms with Crippen LogP contribution in [0.15, 0.2) is 24.3 Å². The normalized spacial score (nSPS) is 12.1. The highest BCUT2D eigenvalue weighted by molar-refractivity contribution is 7.81. The maximum atomic E-state index is 10.8. The maximum Gasteiger partial charge on any atom is 0.330 e. The molecule has 1 unspecified atom stereocenters. The fourth-order valence-corrected chi connectivity index (χ4v) is 1.41. The number of hydrogen-bond acceptors (Lipinski definition) is 3. The van der Waals surface area contributed by atoms with Gasteiger partial charge in [0, 0.05) is 0 Å². The highest BCUT2D eigenvalue weighted by Gasteiger charge is 2.12. The smallest absolute Gasteiger partial charge is 0.330 e. The van der Waals surface area contributed by atoms with Gasteiger partial charge in [0.2, 0.25) is 0 Å². The molecule has 0 radical (unpaired) electrons. The molecule has 1 aromatic carbocycles.